The number of benzene rings is 2. The molecule has 0 saturated carbocycles. The third-order valence-corrected chi connectivity index (χ3v) is 4.67. The normalized spacial score (nSPS) is 11.6. The van der Waals surface area contributed by atoms with E-state index >= 15 is 0 Å². The lowest BCUT2D eigenvalue weighted by atomic mass is 10.2. The van der Waals surface area contributed by atoms with E-state index in [0.29, 0.717) is 10.4 Å². The first kappa shape index (κ1) is 14.9. The second-order valence-corrected chi connectivity index (χ2v) is 6.51. The van der Waals surface area contributed by atoms with Crippen molar-refractivity contribution in [3.8, 4) is 11.3 Å². The highest BCUT2D eigenvalue weighted by molar-refractivity contribution is 9.10. The van der Waals surface area contributed by atoms with Crippen LogP contribution in [-0.4, -0.2) is 10.5 Å². The van der Waals surface area contributed by atoms with Crippen molar-refractivity contribution in [3.63, 3.8) is 0 Å². The van der Waals surface area contributed by atoms with Gasteiger partial charge in [-0.15, -0.1) is 11.3 Å². The Morgan fingerprint density at radius 2 is 1.91 bits per heavy atom. The van der Waals surface area contributed by atoms with Gasteiger partial charge in [-0.1, -0.05) is 46.3 Å². The van der Waals surface area contributed by atoms with Crippen molar-refractivity contribution in [2.24, 2.45) is 12.0 Å². The quantitative estimate of drug-likeness (QED) is 0.661. The van der Waals surface area contributed by atoms with Crippen LogP contribution in [0.4, 0.5) is 0 Å². The van der Waals surface area contributed by atoms with Crippen molar-refractivity contribution in [1.29, 1.82) is 0 Å². The van der Waals surface area contributed by atoms with Crippen LogP contribution >= 0.6 is 27.3 Å². The molecule has 3 aromatic rings. The molecule has 110 valence electrons. The summed E-state index contributed by atoms with van der Waals surface area (Å²) in [4.78, 5) is 17.1. The highest BCUT2D eigenvalue weighted by atomic mass is 79.9. The Labute approximate surface area is 140 Å². The summed E-state index contributed by atoms with van der Waals surface area (Å²) in [5, 5.41) is 2.01. The molecule has 0 atom stereocenters. The fourth-order valence-corrected chi connectivity index (χ4v) is 3.42. The van der Waals surface area contributed by atoms with Gasteiger partial charge < -0.3 is 4.57 Å². The molecule has 0 aliphatic heterocycles. The maximum Gasteiger partial charge on any atom is 0.279 e. The number of thiazole rings is 1. The number of hydrogen-bond donors (Lipinski definition) is 0. The van der Waals surface area contributed by atoms with Crippen molar-refractivity contribution in [2.45, 2.75) is 0 Å². The summed E-state index contributed by atoms with van der Waals surface area (Å²) in [7, 11) is 1.92. The van der Waals surface area contributed by atoms with Gasteiger partial charge in [0.1, 0.15) is 0 Å². The average molecular weight is 373 g/mol. The minimum absolute atomic E-state index is 0.223. The Kier molecular flexibility index (Phi) is 4.36. The molecular weight excluding hydrogens is 360 g/mol. The van der Waals surface area contributed by atoms with E-state index in [1.165, 1.54) is 11.3 Å². The molecular formula is C17H13BrN2OS. The van der Waals surface area contributed by atoms with Gasteiger partial charge in [-0.05, 0) is 24.3 Å². The lowest BCUT2D eigenvalue weighted by Gasteiger charge is -2.03. The topological polar surface area (TPSA) is 34.4 Å². The van der Waals surface area contributed by atoms with E-state index in [1.54, 1.807) is 12.1 Å². The van der Waals surface area contributed by atoms with E-state index in [2.05, 4.69) is 20.9 Å². The second kappa shape index (κ2) is 6.42. The molecule has 0 spiro atoms. The molecule has 3 nitrogen and oxygen atoms in total. The monoisotopic (exact) mass is 372 g/mol. The maximum absolute atomic E-state index is 12.2. The average Bonchev–Trinajstić information content (AvgIpc) is 2.89. The smallest absolute Gasteiger partial charge is 0.279 e. The lowest BCUT2D eigenvalue weighted by molar-refractivity contribution is 0.0998. The third kappa shape index (κ3) is 3.10. The summed E-state index contributed by atoms with van der Waals surface area (Å²) >= 11 is 4.94. The van der Waals surface area contributed by atoms with Gasteiger partial charge in [0, 0.05) is 28.0 Å². The van der Waals surface area contributed by atoms with Gasteiger partial charge in [0.25, 0.3) is 5.91 Å². The van der Waals surface area contributed by atoms with E-state index in [0.717, 1.165) is 15.7 Å². The summed E-state index contributed by atoms with van der Waals surface area (Å²) in [6, 6.07) is 17.2. The van der Waals surface area contributed by atoms with Gasteiger partial charge in [0.15, 0.2) is 4.80 Å². The predicted molar refractivity (Wildman–Crippen MR) is 92.8 cm³/mol. The summed E-state index contributed by atoms with van der Waals surface area (Å²) in [5.74, 6) is -0.223. The van der Waals surface area contributed by atoms with Crippen LogP contribution in [0.2, 0.25) is 0 Å². The van der Waals surface area contributed by atoms with Gasteiger partial charge in [0.2, 0.25) is 0 Å². The number of rotatable bonds is 2. The van der Waals surface area contributed by atoms with Gasteiger partial charge in [-0.3, -0.25) is 4.79 Å². The molecule has 3 rings (SSSR count). The van der Waals surface area contributed by atoms with E-state index in [-0.39, 0.29) is 5.91 Å². The van der Waals surface area contributed by atoms with Crippen LogP contribution < -0.4 is 4.80 Å². The molecule has 0 bridgehead atoms. The molecule has 0 unspecified atom stereocenters. The Bertz CT molecular complexity index is 881. The summed E-state index contributed by atoms with van der Waals surface area (Å²) < 4.78 is 2.96. The van der Waals surface area contributed by atoms with Crippen LogP contribution in [0.3, 0.4) is 0 Å². The fourth-order valence-electron chi connectivity index (χ4n) is 2.11. The van der Waals surface area contributed by atoms with E-state index in [1.807, 2.05) is 59.5 Å². The maximum atomic E-state index is 12.2. The molecule has 0 saturated heterocycles. The fraction of sp³-hybridized carbons (Fsp3) is 0.0588. The largest absolute Gasteiger partial charge is 0.319 e. The lowest BCUT2D eigenvalue weighted by Crippen LogP contribution is -2.14. The molecule has 0 radical (unpaired) electrons. The minimum Gasteiger partial charge on any atom is -0.319 e. The first-order valence-electron chi connectivity index (χ1n) is 6.70. The van der Waals surface area contributed by atoms with E-state index in [4.69, 9.17) is 0 Å². The number of hydrogen-bond acceptors (Lipinski definition) is 2. The Hall–Kier alpha value is -1.98. The van der Waals surface area contributed by atoms with Crippen molar-refractivity contribution in [3.05, 3.63) is 74.8 Å². The van der Waals surface area contributed by atoms with Crippen LogP contribution in [-0.2, 0) is 7.05 Å². The summed E-state index contributed by atoms with van der Waals surface area (Å²) in [5.41, 5.74) is 2.72. The zero-order valence-corrected chi connectivity index (χ0v) is 14.3. The summed E-state index contributed by atoms with van der Waals surface area (Å²) in [6.07, 6.45) is 0. The first-order chi connectivity index (χ1) is 10.6. The number of carbonyl (C=O) groups excluding carboxylic acids is 1. The van der Waals surface area contributed by atoms with Gasteiger partial charge in [-0.25, -0.2) is 0 Å². The molecule has 22 heavy (non-hydrogen) atoms. The Balaban J connectivity index is 2.00. The summed E-state index contributed by atoms with van der Waals surface area (Å²) in [6.45, 7) is 0. The molecule has 5 heteroatoms. The minimum atomic E-state index is -0.223. The predicted octanol–water partition coefficient (Wildman–Crippen LogP) is 4.26. The number of halogens is 1. The van der Waals surface area contributed by atoms with Crippen LogP contribution in [0.1, 0.15) is 10.4 Å². The van der Waals surface area contributed by atoms with Crippen molar-refractivity contribution in [1.82, 2.24) is 4.57 Å². The van der Waals surface area contributed by atoms with Crippen molar-refractivity contribution < 1.29 is 4.79 Å². The highest BCUT2D eigenvalue weighted by Gasteiger charge is 2.07. The van der Waals surface area contributed by atoms with E-state index < -0.39 is 0 Å². The first-order valence-corrected chi connectivity index (χ1v) is 8.37. The molecule has 0 aliphatic carbocycles. The molecule has 0 aliphatic rings. The van der Waals surface area contributed by atoms with E-state index in [9.17, 15) is 4.79 Å². The van der Waals surface area contributed by atoms with Crippen LogP contribution in [0, 0.1) is 0 Å². The molecule has 0 fully saturated rings. The molecule has 1 amide bonds. The molecule has 0 N–H and O–H groups in total. The zero-order chi connectivity index (χ0) is 15.5. The van der Waals surface area contributed by atoms with Gasteiger partial charge in [0.05, 0.1) is 5.69 Å². The Morgan fingerprint density at radius 3 is 2.64 bits per heavy atom. The van der Waals surface area contributed by atoms with Crippen LogP contribution in [0.15, 0.2) is 69.4 Å². The van der Waals surface area contributed by atoms with Gasteiger partial charge >= 0.3 is 0 Å². The highest BCUT2D eigenvalue weighted by Crippen LogP contribution is 2.22. The van der Waals surface area contributed by atoms with Crippen molar-refractivity contribution >= 4 is 33.2 Å². The number of aromatic nitrogens is 1. The SMILES string of the molecule is Cn1c(-c2cccc(Br)c2)cs/c1=N\C(=O)c1ccccc1. The second-order valence-electron chi connectivity index (χ2n) is 4.76. The number of carbonyl (C=O) groups is 1. The zero-order valence-electron chi connectivity index (χ0n) is 11.9. The Morgan fingerprint density at radius 1 is 1.14 bits per heavy atom. The van der Waals surface area contributed by atoms with Crippen molar-refractivity contribution in [2.75, 3.05) is 0 Å². The van der Waals surface area contributed by atoms with Crippen LogP contribution in [0.25, 0.3) is 11.3 Å². The van der Waals surface area contributed by atoms with Crippen LogP contribution in [0.5, 0.6) is 0 Å². The standard InChI is InChI=1S/C17H13BrN2OS/c1-20-15(13-8-5-9-14(18)10-13)11-22-17(20)19-16(21)12-6-3-2-4-7-12/h2-11H,1H3/b19-17-. The third-order valence-electron chi connectivity index (χ3n) is 3.26. The number of amides is 1. The molecule has 2 aromatic carbocycles. The molecule has 1 heterocycles. The number of nitrogens with zero attached hydrogens (tertiary/aromatic N) is 2. The van der Waals surface area contributed by atoms with Gasteiger partial charge in [-0.2, -0.15) is 4.99 Å². The molecule has 1 aromatic heterocycles.